The van der Waals surface area contributed by atoms with Crippen LogP contribution in [0.5, 0.6) is 5.75 Å². The van der Waals surface area contributed by atoms with Crippen LogP contribution in [0.4, 0.5) is 0 Å². The molecule has 1 aromatic rings. The Bertz CT molecular complexity index is 923. The second-order valence-electron chi connectivity index (χ2n) is 10.8. The van der Waals surface area contributed by atoms with Crippen molar-refractivity contribution in [2.75, 3.05) is 59.5 Å². The van der Waals surface area contributed by atoms with Crippen molar-refractivity contribution in [3.8, 4) is 5.75 Å². The predicted molar refractivity (Wildman–Crippen MR) is 136 cm³/mol. The van der Waals surface area contributed by atoms with E-state index in [0.717, 1.165) is 69.8 Å². The molecule has 1 saturated carbocycles. The first-order valence-electron chi connectivity index (χ1n) is 13.4. The Morgan fingerprint density at radius 1 is 1.03 bits per heavy atom. The maximum atomic E-state index is 13.4. The molecule has 1 aromatic carbocycles. The van der Waals surface area contributed by atoms with Gasteiger partial charge in [-0.1, -0.05) is 36.8 Å². The lowest BCUT2D eigenvalue weighted by atomic mass is 9.82. The molecule has 3 aliphatic heterocycles. The first-order chi connectivity index (χ1) is 17.1. The van der Waals surface area contributed by atoms with E-state index in [1.807, 2.05) is 21.9 Å². The van der Waals surface area contributed by atoms with Crippen LogP contribution in [0, 0.1) is 11.8 Å². The summed E-state index contributed by atoms with van der Waals surface area (Å²) in [5.41, 5.74) is 1.15. The molecule has 2 bridgehead atoms. The molecule has 35 heavy (non-hydrogen) atoms. The molecule has 0 spiro atoms. The number of amides is 2. The van der Waals surface area contributed by atoms with Gasteiger partial charge in [-0.3, -0.25) is 14.5 Å². The monoisotopic (exact) mass is 480 g/mol. The minimum Gasteiger partial charge on any atom is -0.489 e. The number of para-hydroxylation sites is 1. The normalized spacial score (nSPS) is 28.1. The fourth-order valence-electron chi connectivity index (χ4n) is 5.84. The molecule has 7 heteroatoms. The Labute approximate surface area is 209 Å². The molecule has 0 N–H and O–H groups in total. The number of benzene rings is 1. The molecule has 0 radical (unpaired) electrons. The average Bonchev–Trinajstić information content (AvgIpc) is 2.83. The zero-order valence-corrected chi connectivity index (χ0v) is 21.1. The fraction of sp³-hybridized carbons (Fsp3) is 0.643. The van der Waals surface area contributed by atoms with Gasteiger partial charge in [0.25, 0.3) is 0 Å². The van der Waals surface area contributed by atoms with E-state index in [1.165, 1.54) is 6.42 Å². The number of hydrogen-bond acceptors (Lipinski definition) is 5. The summed E-state index contributed by atoms with van der Waals surface area (Å²) in [6.45, 7) is 6.67. The lowest BCUT2D eigenvalue weighted by Crippen LogP contribution is -2.51. The highest BCUT2D eigenvalue weighted by Gasteiger charge is 2.35. The first-order valence-corrected chi connectivity index (χ1v) is 13.4. The van der Waals surface area contributed by atoms with Crippen molar-refractivity contribution >= 4 is 11.8 Å². The summed E-state index contributed by atoms with van der Waals surface area (Å²) in [7, 11) is 2.11. The van der Waals surface area contributed by atoms with Gasteiger partial charge in [0, 0.05) is 63.8 Å². The van der Waals surface area contributed by atoms with Gasteiger partial charge in [0.1, 0.15) is 12.4 Å². The minimum absolute atomic E-state index is 0.181. The summed E-state index contributed by atoms with van der Waals surface area (Å²) in [4.78, 5) is 35.2. The van der Waals surface area contributed by atoms with Gasteiger partial charge in [-0.2, -0.15) is 0 Å². The molecule has 2 atom stereocenters. The fourth-order valence-corrected chi connectivity index (χ4v) is 5.84. The molecule has 190 valence electrons. The molecule has 2 saturated heterocycles. The van der Waals surface area contributed by atoms with Gasteiger partial charge in [-0.25, -0.2) is 0 Å². The lowest BCUT2D eigenvalue weighted by molar-refractivity contribution is -0.137. The van der Waals surface area contributed by atoms with Crippen LogP contribution in [0.3, 0.4) is 0 Å². The Morgan fingerprint density at radius 2 is 1.83 bits per heavy atom. The molecule has 0 unspecified atom stereocenters. The van der Waals surface area contributed by atoms with E-state index < -0.39 is 0 Å². The van der Waals surface area contributed by atoms with Crippen LogP contribution < -0.4 is 4.74 Å². The van der Waals surface area contributed by atoms with E-state index in [0.29, 0.717) is 32.2 Å². The maximum Gasteiger partial charge on any atom is 0.236 e. The molecule has 4 aliphatic rings. The van der Waals surface area contributed by atoms with Crippen LogP contribution in [0.25, 0.3) is 0 Å². The van der Waals surface area contributed by atoms with E-state index in [4.69, 9.17) is 4.74 Å². The van der Waals surface area contributed by atoms with Gasteiger partial charge in [0.05, 0.1) is 6.54 Å². The highest BCUT2D eigenvalue weighted by molar-refractivity contribution is 5.79. The quantitative estimate of drug-likeness (QED) is 0.623. The molecular weight excluding hydrogens is 440 g/mol. The number of rotatable bonds is 3. The zero-order chi connectivity index (χ0) is 24.2. The smallest absolute Gasteiger partial charge is 0.236 e. The van der Waals surface area contributed by atoms with Crippen molar-refractivity contribution in [2.45, 2.75) is 44.7 Å². The van der Waals surface area contributed by atoms with Gasteiger partial charge in [-0.15, -0.1) is 0 Å². The number of hydrogen-bond donors (Lipinski definition) is 0. The molecule has 2 amide bonds. The van der Waals surface area contributed by atoms with E-state index in [2.05, 4.69) is 41.1 Å². The van der Waals surface area contributed by atoms with Crippen LogP contribution >= 0.6 is 0 Å². The number of nitrogens with zero attached hydrogens (tertiary/aromatic N) is 4. The molecule has 5 rings (SSSR count). The molecular formula is C28H40N4O3. The minimum atomic E-state index is 0.181. The third kappa shape index (κ3) is 5.89. The average molecular weight is 481 g/mol. The van der Waals surface area contributed by atoms with Crippen molar-refractivity contribution in [1.29, 1.82) is 0 Å². The standard InChI is InChI=1S/C28H40N4O3/c1-29-13-15-30(16-14-29)27(33)18-22-11-12-31-19-23(22)7-5-17-35-26-10-3-2-6-24(26)20-32(21-28(31)34)25-8-4-9-25/h2-3,5-7,10,22-23,25H,4,8-9,11-21H2,1H3/b7-5+/t22-,23-/m0/s1. The largest absolute Gasteiger partial charge is 0.489 e. The second kappa shape index (κ2) is 11.1. The van der Waals surface area contributed by atoms with Gasteiger partial charge < -0.3 is 19.4 Å². The molecule has 3 heterocycles. The van der Waals surface area contributed by atoms with E-state index in [1.54, 1.807) is 0 Å². The summed E-state index contributed by atoms with van der Waals surface area (Å²) in [5.74, 6) is 1.83. The van der Waals surface area contributed by atoms with Crippen molar-refractivity contribution in [1.82, 2.24) is 19.6 Å². The maximum absolute atomic E-state index is 13.4. The number of ether oxygens (including phenoxy) is 1. The lowest BCUT2D eigenvalue weighted by Gasteiger charge is -2.41. The van der Waals surface area contributed by atoms with Gasteiger partial charge >= 0.3 is 0 Å². The number of piperazine rings is 1. The van der Waals surface area contributed by atoms with E-state index >= 15 is 0 Å². The van der Waals surface area contributed by atoms with Crippen molar-refractivity contribution in [3.05, 3.63) is 42.0 Å². The van der Waals surface area contributed by atoms with Crippen LogP contribution in [0.1, 0.15) is 37.7 Å². The summed E-state index contributed by atoms with van der Waals surface area (Å²) < 4.78 is 6.18. The number of likely N-dealkylation sites (N-methyl/N-ethyl adjacent to an activating group) is 1. The molecule has 7 nitrogen and oxygen atoms in total. The summed E-state index contributed by atoms with van der Waals surface area (Å²) in [6.07, 6.45) is 9.31. The predicted octanol–water partition coefficient (Wildman–Crippen LogP) is 2.62. The summed E-state index contributed by atoms with van der Waals surface area (Å²) in [6, 6.07) is 8.69. The van der Waals surface area contributed by atoms with Crippen LogP contribution in [-0.2, 0) is 16.1 Å². The van der Waals surface area contributed by atoms with Gasteiger partial charge in [-0.05, 0) is 44.2 Å². The Hall–Kier alpha value is -2.38. The van der Waals surface area contributed by atoms with E-state index in [-0.39, 0.29) is 23.7 Å². The highest BCUT2D eigenvalue weighted by Crippen LogP contribution is 2.32. The Kier molecular flexibility index (Phi) is 7.73. The molecule has 0 aromatic heterocycles. The Balaban J connectivity index is 1.31. The highest BCUT2D eigenvalue weighted by atomic mass is 16.5. The van der Waals surface area contributed by atoms with Crippen LogP contribution in [-0.4, -0.2) is 96.9 Å². The molecule has 3 fully saturated rings. The van der Waals surface area contributed by atoms with Crippen LogP contribution in [0.15, 0.2) is 36.4 Å². The third-order valence-electron chi connectivity index (χ3n) is 8.45. The van der Waals surface area contributed by atoms with E-state index in [9.17, 15) is 9.59 Å². The first kappa shape index (κ1) is 24.3. The van der Waals surface area contributed by atoms with Gasteiger partial charge in [0.15, 0.2) is 0 Å². The number of carbonyl (C=O) groups is 2. The third-order valence-corrected chi connectivity index (χ3v) is 8.45. The van der Waals surface area contributed by atoms with Crippen LogP contribution in [0.2, 0.25) is 0 Å². The number of piperidine rings is 1. The zero-order valence-electron chi connectivity index (χ0n) is 21.1. The Morgan fingerprint density at radius 3 is 2.60 bits per heavy atom. The van der Waals surface area contributed by atoms with Crippen molar-refractivity contribution in [2.24, 2.45) is 11.8 Å². The number of fused-ring (bicyclic) bond motifs is 3. The van der Waals surface area contributed by atoms with Gasteiger partial charge in [0.2, 0.25) is 11.8 Å². The number of carbonyl (C=O) groups excluding carboxylic acids is 2. The summed E-state index contributed by atoms with van der Waals surface area (Å²) in [5, 5.41) is 0. The SMILES string of the molecule is CN1CCN(C(=O)C[C@@H]2CCN3C[C@@H]2/C=C/COc2ccccc2CN(C2CCC2)CC3=O)CC1. The summed E-state index contributed by atoms with van der Waals surface area (Å²) >= 11 is 0. The van der Waals surface area contributed by atoms with Crippen molar-refractivity contribution in [3.63, 3.8) is 0 Å². The molecule has 1 aliphatic carbocycles. The second-order valence-corrected chi connectivity index (χ2v) is 10.8. The van der Waals surface area contributed by atoms with Crippen molar-refractivity contribution < 1.29 is 14.3 Å². The topological polar surface area (TPSA) is 56.3 Å².